The van der Waals surface area contributed by atoms with Crippen molar-refractivity contribution in [1.29, 1.82) is 0 Å². The second-order valence-corrected chi connectivity index (χ2v) is 6.82. The molecule has 0 spiro atoms. The van der Waals surface area contributed by atoms with Crippen LogP contribution in [0.4, 0.5) is 23.2 Å². The first-order valence-electron chi connectivity index (χ1n) is 9.16. The van der Waals surface area contributed by atoms with Crippen molar-refractivity contribution in [1.82, 2.24) is 4.90 Å². The van der Waals surface area contributed by atoms with Gasteiger partial charge in [-0.2, -0.15) is 13.2 Å². The third kappa shape index (κ3) is 3.56. The summed E-state index contributed by atoms with van der Waals surface area (Å²) in [7, 11) is 0. The maximum Gasteiger partial charge on any atom is 0.416 e. The van der Waals surface area contributed by atoms with Crippen LogP contribution >= 0.6 is 0 Å². The normalized spacial score (nSPS) is 17.9. The minimum absolute atomic E-state index is 0.0271. The lowest BCUT2D eigenvalue weighted by Gasteiger charge is -2.29. The molecule has 156 valence electrons. The van der Waals surface area contributed by atoms with Gasteiger partial charge in [-0.05, 0) is 35.9 Å². The van der Waals surface area contributed by atoms with Crippen molar-refractivity contribution < 1.29 is 31.9 Å². The second-order valence-electron chi connectivity index (χ2n) is 6.82. The first-order valence-corrected chi connectivity index (χ1v) is 9.16. The van der Waals surface area contributed by atoms with Gasteiger partial charge in [0.2, 0.25) is 0 Å². The molecule has 1 fully saturated rings. The molecule has 0 aromatic heterocycles. The number of hydrogen-bond donors (Lipinski definition) is 0. The van der Waals surface area contributed by atoms with E-state index in [-0.39, 0.29) is 17.0 Å². The van der Waals surface area contributed by atoms with Crippen molar-refractivity contribution in [3.05, 3.63) is 71.2 Å². The number of benzene rings is 2. The summed E-state index contributed by atoms with van der Waals surface area (Å²) in [6, 6.07) is 9.09. The molecule has 0 N–H and O–H groups in total. The summed E-state index contributed by atoms with van der Waals surface area (Å²) < 4.78 is 58.1. The Bertz CT molecular complexity index is 1030. The van der Waals surface area contributed by atoms with E-state index in [1.54, 1.807) is 4.90 Å². The highest BCUT2D eigenvalue weighted by atomic mass is 19.4. The fourth-order valence-corrected chi connectivity index (χ4v) is 3.53. The van der Waals surface area contributed by atoms with Crippen LogP contribution in [0.1, 0.15) is 11.1 Å². The Morgan fingerprint density at radius 2 is 1.57 bits per heavy atom. The van der Waals surface area contributed by atoms with E-state index < -0.39 is 29.4 Å². The van der Waals surface area contributed by atoms with E-state index in [0.29, 0.717) is 31.9 Å². The molecule has 30 heavy (non-hydrogen) atoms. The van der Waals surface area contributed by atoms with Crippen LogP contribution in [-0.4, -0.2) is 43.0 Å². The number of halogens is 4. The maximum atomic E-state index is 13.4. The van der Waals surface area contributed by atoms with Crippen LogP contribution in [0, 0.1) is 5.82 Å². The van der Waals surface area contributed by atoms with Gasteiger partial charge in [0.05, 0.1) is 30.0 Å². The van der Waals surface area contributed by atoms with Gasteiger partial charge in [0, 0.05) is 13.1 Å². The highest BCUT2D eigenvalue weighted by Crippen LogP contribution is 2.37. The minimum atomic E-state index is -4.62. The molecule has 0 unspecified atom stereocenters. The van der Waals surface area contributed by atoms with E-state index in [2.05, 4.69) is 0 Å². The molecule has 5 nitrogen and oxygen atoms in total. The van der Waals surface area contributed by atoms with Crippen LogP contribution in [0.3, 0.4) is 0 Å². The van der Waals surface area contributed by atoms with Gasteiger partial charge in [-0.3, -0.25) is 9.59 Å². The standard InChI is InChI=1S/C21H16F4N2O3/c22-15-6-4-13(5-7-15)17-18(26-8-10-30-11-9-26)20(29)27(19(17)28)16-3-1-2-14(12-16)21(23,24)25/h1-7,12H,8-11H2. The van der Waals surface area contributed by atoms with Gasteiger partial charge in [-0.15, -0.1) is 0 Å². The first-order chi connectivity index (χ1) is 14.3. The predicted octanol–water partition coefficient (Wildman–Crippen LogP) is 3.46. The molecule has 0 radical (unpaired) electrons. The largest absolute Gasteiger partial charge is 0.416 e. The first kappa shape index (κ1) is 20.1. The molecule has 2 aromatic carbocycles. The summed E-state index contributed by atoms with van der Waals surface area (Å²) in [5.74, 6) is -1.99. The molecule has 2 heterocycles. The monoisotopic (exact) mass is 420 g/mol. The second kappa shape index (κ2) is 7.56. The van der Waals surface area contributed by atoms with E-state index in [9.17, 15) is 27.2 Å². The number of carbonyl (C=O) groups excluding carboxylic acids is 2. The number of hydrogen-bond acceptors (Lipinski definition) is 4. The fourth-order valence-electron chi connectivity index (χ4n) is 3.53. The van der Waals surface area contributed by atoms with Crippen LogP contribution in [0.2, 0.25) is 0 Å². The van der Waals surface area contributed by atoms with E-state index >= 15 is 0 Å². The number of anilines is 1. The minimum Gasteiger partial charge on any atom is -0.378 e. The molecule has 0 aliphatic carbocycles. The zero-order valence-corrected chi connectivity index (χ0v) is 15.6. The van der Waals surface area contributed by atoms with E-state index in [0.717, 1.165) is 35.2 Å². The summed E-state index contributed by atoms with van der Waals surface area (Å²) in [5.41, 5.74) is -0.733. The SMILES string of the molecule is O=C1C(c2ccc(F)cc2)=C(N2CCOCC2)C(=O)N1c1cccc(C(F)(F)F)c1. The maximum absolute atomic E-state index is 13.4. The molecule has 2 aliphatic heterocycles. The average molecular weight is 420 g/mol. The number of morpholine rings is 1. The van der Waals surface area contributed by atoms with Crippen molar-refractivity contribution in [2.24, 2.45) is 0 Å². The van der Waals surface area contributed by atoms with Crippen LogP contribution < -0.4 is 4.90 Å². The summed E-state index contributed by atoms with van der Waals surface area (Å²) >= 11 is 0. The van der Waals surface area contributed by atoms with E-state index in [1.807, 2.05) is 0 Å². The Morgan fingerprint density at radius 1 is 0.900 bits per heavy atom. The molecule has 1 saturated heterocycles. The van der Waals surface area contributed by atoms with Crippen molar-refractivity contribution in [2.75, 3.05) is 31.2 Å². The summed E-state index contributed by atoms with van der Waals surface area (Å²) in [6.07, 6.45) is -4.62. The van der Waals surface area contributed by atoms with Crippen LogP contribution in [-0.2, 0) is 20.5 Å². The Kier molecular flexibility index (Phi) is 5.07. The lowest BCUT2D eigenvalue weighted by Crippen LogP contribution is -2.40. The molecular formula is C21H16F4N2O3. The molecule has 9 heteroatoms. The van der Waals surface area contributed by atoms with Gasteiger partial charge in [-0.1, -0.05) is 18.2 Å². The predicted molar refractivity (Wildman–Crippen MR) is 99.6 cm³/mol. The van der Waals surface area contributed by atoms with Crippen molar-refractivity contribution in [3.8, 4) is 0 Å². The Balaban J connectivity index is 1.81. The smallest absolute Gasteiger partial charge is 0.378 e. The summed E-state index contributed by atoms with van der Waals surface area (Å²) in [6.45, 7) is 1.36. The highest BCUT2D eigenvalue weighted by Gasteiger charge is 2.43. The van der Waals surface area contributed by atoms with Gasteiger partial charge in [0.1, 0.15) is 11.5 Å². The third-order valence-electron chi connectivity index (χ3n) is 4.95. The molecule has 2 aromatic rings. The summed E-state index contributed by atoms with van der Waals surface area (Å²) in [5, 5.41) is 0. The number of imide groups is 1. The third-order valence-corrected chi connectivity index (χ3v) is 4.95. The van der Waals surface area contributed by atoms with Crippen molar-refractivity contribution in [2.45, 2.75) is 6.18 Å². The molecule has 0 atom stereocenters. The molecular weight excluding hydrogens is 404 g/mol. The van der Waals surface area contributed by atoms with Gasteiger partial charge in [0.15, 0.2) is 0 Å². The number of rotatable bonds is 3. The lowest BCUT2D eigenvalue weighted by atomic mass is 10.0. The van der Waals surface area contributed by atoms with Crippen LogP contribution in [0.5, 0.6) is 0 Å². The quantitative estimate of drug-likeness (QED) is 0.564. The Labute approximate surface area is 169 Å². The fraction of sp³-hybridized carbons (Fsp3) is 0.238. The van der Waals surface area contributed by atoms with Crippen molar-refractivity contribution >= 4 is 23.1 Å². The lowest BCUT2D eigenvalue weighted by molar-refractivity contribution is -0.137. The molecule has 0 saturated carbocycles. The molecule has 2 amide bonds. The van der Waals surface area contributed by atoms with Crippen LogP contribution in [0.25, 0.3) is 5.57 Å². The Hall–Kier alpha value is -3.20. The number of ether oxygens (including phenoxy) is 1. The number of alkyl halides is 3. The molecule has 4 rings (SSSR count). The zero-order valence-electron chi connectivity index (χ0n) is 15.6. The van der Waals surface area contributed by atoms with E-state index in [4.69, 9.17) is 4.74 Å². The number of nitrogens with zero attached hydrogens (tertiary/aromatic N) is 2. The topological polar surface area (TPSA) is 49.9 Å². The average Bonchev–Trinajstić information content (AvgIpc) is 2.99. The van der Waals surface area contributed by atoms with E-state index in [1.165, 1.54) is 18.2 Å². The van der Waals surface area contributed by atoms with Crippen LogP contribution in [0.15, 0.2) is 54.2 Å². The van der Waals surface area contributed by atoms with Gasteiger partial charge < -0.3 is 9.64 Å². The number of amides is 2. The molecule has 2 aliphatic rings. The van der Waals surface area contributed by atoms with Gasteiger partial charge in [-0.25, -0.2) is 9.29 Å². The summed E-state index contributed by atoms with van der Waals surface area (Å²) in [4.78, 5) is 28.9. The number of carbonyl (C=O) groups is 2. The molecule has 0 bridgehead atoms. The zero-order chi connectivity index (χ0) is 21.5. The van der Waals surface area contributed by atoms with Gasteiger partial charge in [0.25, 0.3) is 11.8 Å². The van der Waals surface area contributed by atoms with Crippen molar-refractivity contribution in [3.63, 3.8) is 0 Å². The Morgan fingerprint density at radius 3 is 2.20 bits per heavy atom. The van der Waals surface area contributed by atoms with Gasteiger partial charge >= 0.3 is 6.18 Å². The highest BCUT2D eigenvalue weighted by molar-refractivity contribution is 6.45.